The number of H-pyrrole nitrogens is 2. The Morgan fingerprint density at radius 1 is 1.24 bits per heavy atom. The second-order valence-electron chi connectivity index (χ2n) is 6.45. The third-order valence-corrected chi connectivity index (χ3v) is 6.83. The summed E-state index contributed by atoms with van der Waals surface area (Å²) in [6.07, 6.45) is 1.90. The van der Waals surface area contributed by atoms with Crippen LogP contribution in [0, 0.1) is 0 Å². The number of unbranched alkanes of at least 4 members (excludes halogenated alkanes) is 1. The summed E-state index contributed by atoms with van der Waals surface area (Å²) in [7, 11) is 0. The van der Waals surface area contributed by atoms with Gasteiger partial charge in [-0.25, -0.2) is 14.9 Å². The van der Waals surface area contributed by atoms with Crippen LogP contribution in [0.3, 0.4) is 0 Å². The van der Waals surface area contributed by atoms with Gasteiger partial charge in [0.2, 0.25) is 0 Å². The number of aromatic nitrogens is 5. The number of rotatable bonds is 7. The molecule has 0 saturated heterocycles. The quantitative estimate of drug-likeness (QED) is 0.373. The summed E-state index contributed by atoms with van der Waals surface area (Å²) in [4.78, 5) is 32.9. The number of aromatic amines is 2. The fraction of sp³-hybridized carbons (Fsp3) is 0.263. The minimum absolute atomic E-state index is 0.157. The normalized spacial score (nSPS) is 11.4. The number of fused-ring (bicyclic) bond motifs is 1. The molecule has 7 nitrogen and oxygen atoms in total. The summed E-state index contributed by atoms with van der Waals surface area (Å²) in [5, 5.41) is 9.75. The molecule has 0 aliphatic rings. The lowest BCUT2D eigenvalue weighted by Gasteiger charge is -2.05. The second kappa shape index (κ2) is 8.68. The Bertz CT molecular complexity index is 1260. The van der Waals surface area contributed by atoms with Crippen molar-refractivity contribution in [1.29, 1.82) is 0 Å². The Labute approximate surface area is 182 Å². The Kier molecular flexibility index (Phi) is 6.02. The smallest absolute Gasteiger partial charge is 0.309 e. The first-order valence-corrected chi connectivity index (χ1v) is 11.8. The molecule has 150 valence electrons. The summed E-state index contributed by atoms with van der Waals surface area (Å²) in [5.74, 6) is 0.988. The van der Waals surface area contributed by atoms with E-state index in [1.165, 1.54) is 23.1 Å². The molecule has 1 aromatic carbocycles. The molecule has 3 heterocycles. The summed E-state index contributed by atoms with van der Waals surface area (Å²) in [6.45, 7) is 2.70. The lowest BCUT2D eigenvalue weighted by Crippen LogP contribution is -2.17. The van der Waals surface area contributed by atoms with Crippen molar-refractivity contribution in [3.63, 3.8) is 0 Å². The molecule has 0 aliphatic heterocycles. The molecule has 0 atom stereocenters. The summed E-state index contributed by atoms with van der Waals surface area (Å²) < 4.78 is 2.62. The standard InChI is InChI=1S/C19H18BrN5O2S2/c1-2-3-8-25-18(27)23-24-19(25)29-10-14-21-16(26)15-13(9-28-17(15)22-14)11-4-6-12(20)7-5-11/h4-7,9H,2-3,8,10H2,1H3,(H,23,27)(H,21,22,26). The monoisotopic (exact) mass is 491 g/mol. The second-order valence-corrected chi connectivity index (χ2v) is 9.17. The van der Waals surface area contributed by atoms with Gasteiger partial charge in [-0.2, -0.15) is 0 Å². The van der Waals surface area contributed by atoms with E-state index in [2.05, 4.69) is 43.0 Å². The molecular formula is C19H18BrN5O2S2. The summed E-state index contributed by atoms with van der Waals surface area (Å²) in [5.41, 5.74) is 1.49. The van der Waals surface area contributed by atoms with Gasteiger partial charge in [0.1, 0.15) is 10.7 Å². The van der Waals surface area contributed by atoms with Crippen molar-refractivity contribution in [3.8, 4) is 11.1 Å². The van der Waals surface area contributed by atoms with Gasteiger partial charge in [-0.05, 0) is 24.1 Å². The van der Waals surface area contributed by atoms with Gasteiger partial charge in [0, 0.05) is 22.0 Å². The molecule has 10 heteroatoms. The maximum Gasteiger partial charge on any atom is 0.343 e. The maximum absolute atomic E-state index is 12.8. The van der Waals surface area contributed by atoms with E-state index < -0.39 is 0 Å². The van der Waals surface area contributed by atoms with E-state index in [1.807, 2.05) is 29.6 Å². The van der Waals surface area contributed by atoms with Crippen molar-refractivity contribution >= 4 is 49.2 Å². The predicted molar refractivity (Wildman–Crippen MR) is 121 cm³/mol. The van der Waals surface area contributed by atoms with E-state index in [9.17, 15) is 9.59 Å². The van der Waals surface area contributed by atoms with E-state index in [4.69, 9.17) is 0 Å². The molecule has 0 aliphatic carbocycles. The topological polar surface area (TPSA) is 96.4 Å². The summed E-state index contributed by atoms with van der Waals surface area (Å²) >= 11 is 6.26. The minimum Gasteiger partial charge on any atom is -0.309 e. The molecule has 29 heavy (non-hydrogen) atoms. The molecule has 0 amide bonds. The van der Waals surface area contributed by atoms with Crippen molar-refractivity contribution in [2.45, 2.75) is 37.2 Å². The highest BCUT2D eigenvalue weighted by Gasteiger charge is 2.14. The number of hydrogen-bond acceptors (Lipinski definition) is 6. The van der Waals surface area contributed by atoms with Gasteiger partial charge in [0.25, 0.3) is 5.56 Å². The van der Waals surface area contributed by atoms with Crippen LogP contribution >= 0.6 is 39.0 Å². The van der Waals surface area contributed by atoms with Crippen LogP contribution in [0.2, 0.25) is 0 Å². The van der Waals surface area contributed by atoms with Gasteiger partial charge in [0.15, 0.2) is 5.16 Å². The largest absolute Gasteiger partial charge is 0.343 e. The van der Waals surface area contributed by atoms with Crippen LogP contribution in [0.1, 0.15) is 25.6 Å². The molecule has 0 radical (unpaired) electrons. The number of halogens is 1. The Hall–Kier alpha value is -2.17. The summed E-state index contributed by atoms with van der Waals surface area (Å²) in [6, 6.07) is 7.85. The molecule has 3 aromatic heterocycles. The highest BCUT2D eigenvalue weighted by atomic mass is 79.9. The number of thioether (sulfide) groups is 1. The molecule has 0 bridgehead atoms. The molecule has 0 fully saturated rings. The molecular weight excluding hydrogens is 474 g/mol. The van der Waals surface area contributed by atoms with Gasteiger partial charge >= 0.3 is 5.69 Å². The van der Waals surface area contributed by atoms with Gasteiger partial charge in [-0.15, -0.1) is 16.4 Å². The van der Waals surface area contributed by atoms with Crippen LogP contribution < -0.4 is 11.2 Å². The third kappa shape index (κ3) is 4.24. The van der Waals surface area contributed by atoms with Gasteiger partial charge in [0.05, 0.1) is 11.1 Å². The van der Waals surface area contributed by atoms with E-state index in [0.29, 0.717) is 33.5 Å². The van der Waals surface area contributed by atoms with E-state index in [-0.39, 0.29) is 11.2 Å². The van der Waals surface area contributed by atoms with Crippen LogP contribution in [0.25, 0.3) is 21.3 Å². The van der Waals surface area contributed by atoms with Gasteiger partial charge in [-0.3, -0.25) is 9.36 Å². The van der Waals surface area contributed by atoms with Crippen LogP contribution in [-0.4, -0.2) is 24.7 Å². The SMILES string of the molecule is CCCCn1c(SCc2nc3scc(-c4ccc(Br)cc4)c3c(=O)[nH]2)n[nH]c1=O. The zero-order valence-electron chi connectivity index (χ0n) is 15.6. The number of nitrogens with zero attached hydrogens (tertiary/aromatic N) is 3. The molecule has 0 spiro atoms. The van der Waals surface area contributed by atoms with Crippen molar-refractivity contribution in [3.05, 3.63) is 60.8 Å². The fourth-order valence-corrected chi connectivity index (χ4v) is 5.04. The van der Waals surface area contributed by atoms with Gasteiger partial charge < -0.3 is 4.98 Å². The van der Waals surface area contributed by atoms with Crippen LogP contribution in [0.5, 0.6) is 0 Å². The Morgan fingerprint density at radius 3 is 2.79 bits per heavy atom. The van der Waals surface area contributed by atoms with E-state index in [0.717, 1.165) is 28.4 Å². The fourth-order valence-electron chi connectivity index (χ4n) is 2.96. The number of thiophene rings is 1. The zero-order chi connectivity index (χ0) is 20.4. The minimum atomic E-state index is -0.213. The van der Waals surface area contributed by atoms with Crippen molar-refractivity contribution in [2.24, 2.45) is 0 Å². The third-order valence-electron chi connectivity index (χ3n) is 4.44. The predicted octanol–water partition coefficient (Wildman–Crippen LogP) is 4.39. The first-order chi connectivity index (χ1) is 14.1. The lowest BCUT2D eigenvalue weighted by atomic mass is 10.1. The number of hydrogen-bond donors (Lipinski definition) is 2. The van der Waals surface area contributed by atoms with Gasteiger partial charge in [-0.1, -0.05) is 53.2 Å². The molecule has 4 aromatic rings. The first kappa shape index (κ1) is 20.1. The van der Waals surface area contributed by atoms with Crippen LogP contribution in [-0.2, 0) is 12.3 Å². The number of nitrogens with one attached hydrogen (secondary N) is 2. The number of benzene rings is 1. The van der Waals surface area contributed by atoms with Crippen molar-refractivity contribution in [1.82, 2.24) is 24.7 Å². The molecule has 0 unspecified atom stereocenters. The van der Waals surface area contributed by atoms with E-state index >= 15 is 0 Å². The maximum atomic E-state index is 12.8. The van der Waals surface area contributed by atoms with Crippen molar-refractivity contribution in [2.75, 3.05) is 0 Å². The average molecular weight is 492 g/mol. The average Bonchev–Trinajstić information content (AvgIpc) is 3.29. The van der Waals surface area contributed by atoms with Crippen LogP contribution in [0.15, 0.2) is 48.9 Å². The lowest BCUT2D eigenvalue weighted by molar-refractivity contribution is 0.573. The van der Waals surface area contributed by atoms with Crippen LogP contribution in [0.4, 0.5) is 0 Å². The molecule has 4 rings (SSSR count). The Balaban J connectivity index is 1.60. The highest BCUT2D eigenvalue weighted by molar-refractivity contribution is 9.10. The Morgan fingerprint density at radius 2 is 2.03 bits per heavy atom. The highest BCUT2D eigenvalue weighted by Crippen LogP contribution is 2.31. The first-order valence-electron chi connectivity index (χ1n) is 9.11. The molecule has 2 N–H and O–H groups in total. The zero-order valence-corrected chi connectivity index (χ0v) is 18.8. The van der Waals surface area contributed by atoms with Crippen molar-refractivity contribution < 1.29 is 0 Å². The van der Waals surface area contributed by atoms with E-state index in [1.54, 1.807) is 4.57 Å². The molecule has 0 saturated carbocycles.